The third kappa shape index (κ3) is 5.98. The Morgan fingerprint density at radius 2 is 1.87 bits per heavy atom. The number of aryl methyl sites for hydroxylation is 1. The summed E-state index contributed by atoms with van der Waals surface area (Å²) >= 11 is 0. The van der Waals surface area contributed by atoms with Gasteiger partial charge in [0.25, 0.3) is 5.91 Å². The lowest BCUT2D eigenvalue weighted by molar-refractivity contribution is -0.156. The first-order chi connectivity index (χ1) is 10.7. The summed E-state index contributed by atoms with van der Waals surface area (Å²) in [5, 5.41) is 1.83. The lowest BCUT2D eigenvalue weighted by Crippen LogP contribution is -2.42. The first kappa shape index (κ1) is 18.5. The van der Waals surface area contributed by atoms with Gasteiger partial charge in [-0.2, -0.15) is 0 Å². The largest absolute Gasteiger partial charge is 0.482 e. The monoisotopic (exact) mass is 322 g/mol. The Balaban J connectivity index is 2.52. The van der Waals surface area contributed by atoms with E-state index in [9.17, 15) is 14.4 Å². The molecule has 1 rings (SSSR count). The Morgan fingerprint density at radius 1 is 1.22 bits per heavy atom. The van der Waals surface area contributed by atoms with Crippen molar-refractivity contribution < 1.29 is 23.9 Å². The molecule has 1 aromatic carbocycles. The molecule has 7 heteroatoms. The average molecular weight is 322 g/mol. The van der Waals surface area contributed by atoms with Crippen molar-refractivity contribution in [3.05, 3.63) is 29.3 Å². The highest BCUT2D eigenvalue weighted by Crippen LogP contribution is 2.23. The zero-order valence-electron chi connectivity index (χ0n) is 13.7. The van der Waals surface area contributed by atoms with Crippen molar-refractivity contribution in [3.63, 3.8) is 0 Å². The fourth-order valence-corrected chi connectivity index (χ4v) is 2.04. The number of nitrogens with one attached hydrogen (secondary N) is 1. The topological polar surface area (TPSA) is 108 Å². The van der Waals surface area contributed by atoms with Crippen LogP contribution in [-0.2, 0) is 14.3 Å². The predicted octanol–water partition coefficient (Wildman–Crippen LogP) is 1.62. The summed E-state index contributed by atoms with van der Waals surface area (Å²) in [5.41, 5.74) is 7.08. The van der Waals surface area contributed by atoms with E-state index in [0.717, 1.165) is 5.56 Å². The molecule has 0 unspecified atom stereocenters. The highest BCUT2D eigenvalue weighted by molar-refractivity contribution is 5.96. The van der Waals surface area contributed by atoms with Crippen molar-refractivity contribution in [2.45, 2.75) is 39.7 Å². The smallest absolute Gasteiger partial charge is 0.344 e. The SMILES string of the molecule is Cc1cc(OCC(=O)O[C@@H](C)C(=O)NC(N)=O)ccc1C(C)C. The van der Waals surface area contributed by atoms with Crippen LogP contribution in [-0.4, -0.2) is 30.6 Å². The standard InChI is InChI=1S/C16H22N2O5/c1-9(2)13-6-5-12(7-10(13)3)22-8-14(19)23-11(4)15(20)18-16(17)21/h5-7,9,11H,8H2,1-4H3,(H3,17,18,20,21)/t11-/m0/s1. The van der Waals surface area contributed by atoms with Gasteiger partial charge in [-0.3, -0.25) is 10.1 Å². The molecule has 0 bridgehead atoms. The second kappa shape index (κ2) is 8.17. The van der Waals surface area contributed by atoms with E-state index in [-0.39, 0.29) is 6.61 Å². The number of hydrogen-bond acceptors (Lipinski definition) is 5. The normalized spacial score (nSPS) is 11.7. The van der Waals surface area contributed by atoms with Gasteiger partial charge in [-0.25, -0.2) is 9.59 Å². The molecule has 0 radical (unpaired) electrons. The quantitative estimate of drug-likeness (QED) is 0.774. The third-order valence-corrected chi connectivity index (χ3v) is 3.14. The number of amides is 3. The van der Waals surface area contributed by atoms with Crippen LogP contribution in [0.5, 0.6) is 5.75 Å². The van der Waals surface area contributed by atoms with Crippen molar-refractivity contribution in [1.29, 1.82) is 0 Å². The van der Waals surface area contributed by atoms with Crippen molar-refractivity contribution in [3.8, 4) is 5.75 Å². The second-order valence-corrected chi connectivity index (χ2v) is 5.45. The van der Waals surface area contributed by atoms with Gasteiger partial charge >= 0.3 is 12.0 Å². The zero-order valence-corrected chi connectivity index (χ0v) is 13.7. The van der Waals surface area contributed by atoms with Crippen LogP contribution in [0, 0.1) is 6.92 Å². The number of primary amides is 1. The predicted molar refractivity (Wildman–Crippen MR) is 84.0 cm³/mol. The van der Waals surface area contributed by atoms with Gasteiger partial charge < -0.3 is 15.2 Å². The molecular formula is C16H22N2O5. The van der Waals surface area contributed by atoms with Gasteiger partial charge in [0, 0.05) is 0 Å². The first-order valence-electron chi connectivity index (χ1n) is 7.23. The average Bonchev–Trinajstić information content (AvgIpc) is 2.43. The summed E-state index contributed by atoms with van der Waals surface area (Å²) in [6.07, 6.45) is -1.14. The molecule has 0 aliphatic heterocycles. The third-order valence-electron chi connectivity index (χ3n) is 3.14. The van der Waals surface area contributed by atoms with Crippen molar-refractivity contribution in [1.82, 2.24) is 5.32 Å². The lowest BCUT2D eigenvalue weighted by atomic mass is 9.98. The van der Waals surface area contributed by atoms with Gasteiger partial charge in [0.1, 0.15) is 5.75 Å². The summed E-state index contributed by atoms with van der Waals surface area (Å²) in [7, 11) is 0. The number of esters is 1. The van der Waals surface area contributed by atoms with Crippen molar-refractivity contribution >= 4 is 17.9 Å². The van der Waals surface area contributed by atoms with E-state index in [4.69, 9.17) is 15.2 Å². The summed E-state index contributed by atoms with van der Waals surface area (Å²) in [5.74, 6) is -0.567. The molecular weight excluding hydrogens is 300 g/mol. The maximum atomic E-state index is 11.6. The minimum Gasteiger partial charge on any atom is -0.482 e. The molecule has 1 aromatic rings. The number of rotatable bonds is 6. The molecule has 0 aliphatic rings. The molecule has 3 amide bonds. The highest BCUT2D eigenvalue weighted by atomic mass is 16.6. The molecule has 0 saturated carbocycles. The van der Waals surface area contributed by atoms with E-state index in [1.807, 2.05) is 24.4 Å². The number of carbonyl (C=O) groups is 3. The Morgan fingerprint density at radius 3 is 2.39 bits per heavy atom. The van der Waals surface area contributed by atoms with Crippen LogP contribution in [0.4, 0.5) is 4.79 Å². The Kier molecular flexibility index (Phi) is 6.56. The number of benzene rings is 1. The maximum Gasteiger partial charge on any atom is 0.344 e. The molecule has 126 valence electrons. The van der Waals surface area contributed by atoms with Crippen molar-refractivity contribution in [2.75, 3.05) is 6.61 Å². The summed E-state index contributed by atoms with van der Waals surface area (Å²) in [6, 6.07) is 4.56. The molecule has 0 aromatic heterocycles. The van der Waals surface area contributed by atoms with Gasteiger partial charge in [-0.15, -0.1) is 0 Å². The van der Waals surface area contributed by atoms with Crippen molar-refractivity contribution in [2.24, 2.45) is 5.73 Å². The van der Waals surface area contributed by atoms with Gasteiger partial charge in [-0.05, 0) is 43.0 Å². The van der Waals surface area contributed by atoms with Crippen LogP contribution in [0.15, 0.2) is 18.2 Å². The molecule has 0 aliphatic carbocycles. The fourth-order valence-electron chi connectivity index (χ4n) is 2.04. The van der Waals surface area contributed by atoms with E-state index < -0.39 is 24.0 Å². The summed E-state index contributed by atoms with van der Waals surface area (Å²) in [4.78, 5) is 33.6. The molecule has 7 nitrogen and oxygen atoms in total. The minimum absolute atomic E-state index is 0.339. The number of hydrogen-bond donors (Lipinski definition) is 2. The molecule has 0 heterocycles. The van der Waals surface area contributed by atoms with Gasteiger partial charge in [-0.1, -0.05) is 19.9 Å². The van der Waals surface area contributed by atoms with E-state index >= 15 is 0 Å². The molecule has 0 saturated heterocycles. The summed E-state index contributed by atoms with van der Waals surface area (Å²) in [6.45, 7) is 7.15. The van der Waals surface area contributed by atoms with Crippen LogP contribution in [0.2, 0.25) is 0 Å². The first-order valence-corrected chi connectivity index (χ1v) is 7.23. The van der Waals surface area contributed by atoms with E-state index in [2.05, 4.69) is 13.8 Å². The highest BCUT2D eigenvalue weighted by Gasteiger charge is 2.19. The molecule has 0 spiro atoms. The van der Waals surface area contributed by atoms with Gasteiger partial charge in [0.05, 0.1) is 0 Å². The van der Waals surface area contributed by atoms with Crippen LogP contribution >= 0.6 is 0 Å². The molecule has 23 heavy (non-hydrogen) atoms. The number of carbonyl (C=O) groups excluding carboxylic acids is 3. The van der Waals surface area contributed by atoms with Gasteiger partial charge in [0.2, 0.25) is 0 Å². The Labute approximate surface area is 135 Å². The number of urea groups is 1. The molecule has 0 fully saturated rings. The van der Waals surface area contributed by atoms with Crippen LogP contribution < -0.4 is 15.8 Å². The number of imide groups is 1. The summed E-state index contributed by atoms with van der Waals surface area (Å²) < 4.78 is 10.2. The van der Waals surface area contributed by atoms with E-state index in [1.165, 1.54) is 12.5 Å². The molecule has 3 N–H and O–H groups in total. The van der Waals surface area contributed by atoms with Gasteiger partial charge in [0.15, 0.2) is 12.7 Å². The number of ether oxygens (including phenoxy) is 2. The van der Waals surface area contributed by atoms with Crippen LogP contribution in [0.1, 0.15) is 37.8 Å². The molecule has 1 atom stereocenters. The fraction of sp³-hybridized carbons (Fsp3) is 0.438. The maximum absolute atomic E-state index is 11.6. The van der Waals surface area contributed by atoms with E-state index in [0.29, 0.717) is 11.7 Å². The zero-order chi connectivity index (χ0) is 17.6. The lowest BCUT2D eigenvalue weighted by Gasteiger charge is -2.14. The Bertz CT molecular complexity index is 598. The van der Waals surface area contributed by atoms with E-state index in [1.54, 1.807) is 6.07 Å². The minimum atomic E-state index is -1.14. The number of nitrogens with two attached hydrogens (primary N) is 1. The Hall–Kier alpha value is -2.57. The van der Waals surface area contributed by atoms with Crippen LogP contribution in [0.3, 0.4) is 0 Å². The second-order valence-electron chi connectivity index (χ2n) is 5.45. The van der Waals surface area contributed by atoms with Crippen LogP contribution in [0.25, 0.3) is 0 Å².